The van der Waals surface area contributed by atoms with Crippen molar-refractivity contribution >= 4 is 11.8 Å². The van der Waals surface area contributed by atoms with Crippen LogP contribution in [0, 0.1) is 0 Å². The van der Waals surface area contributed by atoms with Crippen molar-refractivity contribution in [3.05, 3.63) is 59.7 Å². The van der Waals surface area contributed by atoms with E-state index in [0.29, 0.717) is 16.2 Å². The first-order valence-corrected chi connectivity index (χ1v) is 7.64. The Morgan fingerprint density at radius 3 is 2.48 bits per heavy atom. The molecule has 1 N–H and O–H groups in total. The van der Waals surface area contributed by atoms with Crippen molar-refractivity contribution in [3.63, 3.8) is 0 Å². The fourth-order valence-corrected chi connectivity index (χ4v) is 3.00. The number of aromatic amines is 1. The molecule has 0 fully saturated rings. The lowest BCUT2D eigenvalue weighted by atomic mass is 10.1. The molecule has 3 rings (SSSR count). The fourth-order valence-electron chi connectivity index (χ4n) is 2.02. The van der Waals surface area contributed by atoms with Crippen LogP contribution < -0.4 is 0 Å². The van der Waals surface area contributed by atoms with Gasteiger partial charge in [0, 0.05) is 16.2 Å². The Hall–Kier alpha value is -2.35. The molecular formula is C15H11F3N4S. The maximum Gasteiger partial charge on any atom is 0.416 e. The number of rotatable bonds is 4. The molecule has 118 valence electrons. The summed E-state index contributed by atoms with van der Waals surface area (Å²) in [7, 11) is 0. The summed E-state index contributed by atoms with van der Waals surface area (Å²) in [4.78, 5) is 0.670. The molecule has 0 atom stereocenters. The van der Waals surface area contributed by atoms with E-state index in [0.717, 1.165) is 17.7 Å². The Kier molecular flexibility index (Phi) is 4.33. The topological polar surface area (TPSA) is 54.5 Å². The maximum absolute atomic E-state index is 12.9. The highest BCUT2D eigenvalue weighted by Crippen LogP contribution is 2.37. The molecule has 8 heteroatoms. The molecular weight excluding hydrogens is 325 g/mol. The van der Waals surface area contributed by atoms with E-state index in [1.807, 2.05) is 30.3 Å². The number of halogens is 3. The molecule has 0 amide bonds. The summed E-state index contributed by atoms with van der Waals surface area (Å²) in [5, 5.41) is 13.3. The SMILES string of the molecule is FC(F)(F)c1ccc(SCc2ccccc2)c(-c2nn[nH]n2)c1. The first-order valence-electron chi connectivity index (χ1n) is 6.66. The van der Waals surface area contributed by atoms with E-state index < -0.39 is 11.7 Å². The fraction of sp³-hybridized carbons (Fsp3) is 0.133. The van der Waals surface area contributed by atoms with Crippen LogP contribution in [0.25, 0.3) is 11.4 Å². The van der Waals surface area contributed by atoms with Crippen molar-refractivity contribution in [2.24, 2.45) is 0 Å². The molecule has 0 unspecified atom stereocenters. The van der Waals surface area contributed by atoms with E-state index in [-0.39, 0.29) is 5.82 Å². The number of hydrogen-bond donors (Lipinski definition) is 1. The van der Waals surface area contributed by atoms with Crippen LogP contribution in [0.5, 0.6) is 0 Å². The highest BCUT2D eigenvalue weighted by Gasteiger charge is 2.31. The quantitative estimate of drug-likeness (QED) is 0.726. The lowest BCUT2D eigenvalue weighted by Gasteiger charge is -2.11. The second-order valence-corrected chi connectivity index (χ2v) is 5.74. The van der Waals surface area contributed by atoms with Gasteiger partial charge in [0.15, 0.2) is 0 Å². The van der Waals surface area contributed by atoms with Crippen molar-refractivity contribution in [2.45, 2.75) is 16.8 Å². The molecule has 0 bridgehead atoms. The molecule has 0 aliphatic carbocycles. The van der Waals surface area contributed by atoms with Gasteiger partial charge in [-0.25, -0.2) is 0 Å². The summed E-state index contributed by atoms with van der Waals surface area (Å²) >= 11 is 1.43. The Bertz CT molecular complexity index is 773. The van der Waals surface area contributed by atoms with Crippen molar-refractivity contribution in [3.8, 4) is 11.4 Å². The van der Waals surface area contributed by atoms with E-state index in [1.165, 1.54) is 17.8 Å². The smallest absolute Gasteiger partial charge is 0.177 e. The number of benzene rings is 2. The van der Waals surface area contributed by atoms with Crippen molar-refractivity contribution in [1.29, 1.82) is 0 Å². The van der Waals surface area contributed by atoms with Gasteiger partial charge in [0.1, 0.15) is 0 Å². The molecule has 1 heterocycles. The molecule has 1 aromatic heterocycles. The lowest BCUT2D eigenvalue weighted by Crippen LogP contribution is -2.05. The van der Waals surface area contributed by atoms with Gasteiger partial charge >= 0.3 is 6.18 Å². The van der Waals surface area contributed by atoms with E-state index in [2.05, 4.69) is 20.6 Å². The van der Waals surface area contributed by atoms with Gasteiger partial charge in [-0.05, 0) is 29.0 Å². The maximum atomic E-state index is 12.9. The second-order valence-electron chi connectivity index (χ2n) is 4.72. The van der Waals surface area contributed by atoms with Crippen molar-refractivity contribution in [1.82, 2.24) is 20.6 Å². The first kappa shape index (κ1) is 15.5. The number of hydrogen-bond acceptors (Lipinski definition) is 4. The molecule has 0 saturated carbocycles. The highest BCUT2D eigenvalue weighted by atomic mass is 32.2. The zero-order valence-electron chi connectivity index (χ0n) is 11.7. The first-order chi connectivity index (χ1) is 11.0. The number of H-pyrrole nitrogens is 1. The van der Waals surface area contributed by atoms with Crippen LogP contribution in [-0.4, -0.2) is 20.6 Å². The zero-order valence-corrected chi connectivity index (χ0v) is 12.5. The van der Waals surface area contributed by atoms with E-state index in [1.54, 1.807) is 0 Å². The van der Waals surface area contributed by atoms with Gasteiger partial charge in [0.25, 0.3) is 0 Å². The van der Waals surface area contributed by atoms with Crippen molar-refractivity contribution < 1.29 is 13.2 Å². The van der Waals surface area contributed by atoms with Crippen LogP contribution >= 0.6 is 11.8 Å². The summed E-state index contributed by atoms with van der Waals surface area (Å²) in [5.41, 5.74) is 0.660. The highest BCUT2D eigenvalue weighted by molar-refractivity contribution is 7.98. The number of thioether (sulfide) groups is 1. The largest absolute Gasteiger partial charge is 0.416 e. The molecule has 4 nitrogen and oxygen atoms in total. The van der Waals surface area contributed by atoms with Gasteiger partial charge in [0.05, 0.1) is 5.56 Å². The second kappa shape index (κ2) is 6.41. The molecule has 0 saturated heterocycles. The van der Waals surface area contributed by atoms with Crippen LogP contribution in [0.3, 0.4) is 0 Å². The molecule has 2 aromatic carbocycles. The number of nitrogens with zero attached hydrogens (tertiary/aromatic N) is 3. The van der Waals surface area contributed by atoms with E-state index in [9.17, 15) is 13.2 Å². The Morgan fingerprint density at radius 1 is 1.04 bits per heavy atom. The number of tetrazole rings is 1. The predicted molar refractivity (Wildman–Crippen MR) is 80.6 cm³/mol. The van der Waals surface area contributed by atoms with Crippen LogP contribution in [-0.2, 0) is 11.9 Å². The van der Waals surface area contributed by atoms with Crippen LogP contribution in [0.1, 0.15) is 11.1 Å². The van der Waals surface area contributed by atoms with Gasteiger partial charge < -0.3 is 0 Å². The monoisotopic (exact) mass is 336 g/mol. The standard InChI is InChI=1S/C15H11F3N4S/c16-15(17,18)11-6-7-13(12(8-11)14-19-21-22-20-14)23-9-10-4-2-1-3-5-10/h1-8H,9H2,(H,19,20,21,22). The minimum Gasteiger partial charge on any atom is -0.177 e. The van der Waals surface area contributed by atoms with Crippen LogP contribution in [0.2, 0.25) is 0 Å². The Morgan fingerprint density at radius 2 is 1.83 bits per heavy atom. The summed E-state index contributed by atoms with van der Waals surface area (Å²) < 4.78 is 38.8. The van der Waals surface area contributed by atoms with Crippen LogP contribution in [0.15, 0.2) is 53.4 Å². The number of nitrogens with one attached hydrogen (secondary N) is 1. The van der Waals surface area contributed by atoms with Gasteiger partial charge in [-0.3, -0.25) is 0 Å². The summed E-state index contributed by atoms with van der Waals surface area (Å²) in [5.74, 6) is 0.781. The molecule has 0 aliphatic rings. The van der Waals surface area contributed by atoms with Gasteiger partial charge in [-0.1, -0.05) is 30.3 Å². The molecule has 23 heavy (non-hydrogen) atoms. The predicted octanol–water partition coefficient (Wildman–Crippen LogP) is 4.18. The minimum absolute atomic E-state index is 0.145. The van der Waals surface area contributed by atoms with E-state index >= 15 is 0 Å². The average molecular weight is 336 g/mol. The van der Waals surface area contributed by atoms with Crippen LogP contribution in [0.4, 0.5) is 13.2 Å². The van der Waals surface area contributed by atoms with Crippen molar-refractivity contribution in [2.75, 3.05) is 0 Å². The number of aromatic nitrogens is 4. The number of alkyl halides is 3. The molecule has 0 radical (unpaired) electrons. The summed E-state index contributed by atoms with van der Waals surface area (Å²) in [6.45, 7) is 0. The summed E-state index contributed by atoms with van der Waals surface area (Å²) in [6.07, 6.45) is -4.42. The normalized spacial score (nSPS) is 11.6. The Balaban J connectivity index is 1.93. The zero-order chi connectivity index (χ0) is 16.3. The molecule has 0 aliphatic heterocycles. The third-order valence-electron chi connectivity index (χ3n) is 3.13. The summed E-state index contributed by atoms with van der Waals surface area (Å²) in [6, 6.07) is 13.2. The average Bonchev–Trinajstić information content (AvgIpc) is 3.07. The minimum atomic E-state index is -4.42. The van der Waals surface area contributed by atoms with E-state index in [4.69, 9.17) is 0 Å². The third kappa shape index (κ3) is 3.70. The lowest BCUT2D eigenvalue weighted by molar-refractivity contribution is -0.137. The van der Waals surface area contributed by atoms with Gasteiger partial charge in [-0.15, -0.1) is 22.0 Å². The molecule has 0 spiro atoms. The third-order valence-corrected chi connectivity index (χ3v) is 4.27. The van der Waals surface area contributed by atoms with Gasteiger partial charge in [0.2, 0.25) is 5.82 Å². The molecule has 3 aromatic rings. The Labute approximate surface area is 134 Å². The van der Waals surface area contributed by atoms with Gasteiger partial charge in [-0.2, -0.15) is 18.4 Å².